The van der Waals surface area contributed by atoms with E-state index < -0.39 is 0 Å². The van der Waals surface area contributed by atoms with Crippen LogP contribution in [-0.4, -0.2) is 0 Å². The Labute approximate surface area is 82.3 Å². The van der Waals surface area contributed by atoms with Gasteiger partial charge >= 0.3 is 0 Å². The van der Waals surface area contributed by atoms with Crippen LogP contribution in [0.5, 0.6) is 0 Å². The molecule has 0 fully saturated rings. The highest BCUT2D eigenvalue weighted by Crippen LogP contribution is 2.18. The molecule has 0 spiro atoms. The van der Waals surface area contributed by atoms with Gasteiger partial charge in [0.05, 0.1) is 5.38 Å². The number of hydrogen-bond donors (Lipinski definition) is 0. The number of aryl methyl sites for hydroxylation is 1. The maximum atomic E-state index is 2.22. The van der Waals surface area contributed by atoms with Gasteiger partial charge in [-0.15, -0.1) is 0 Å². The number of hydrogen-bond acceptors (Lipinski definition) is 1. The fraction of sp³-hybridized carbons (Fsp3) is 0.182. The number of rotatable bonds is 1. The zero-order valence-electron chi connectivity index (χ0n) is 7.82. The summed E-state index contributed by atoms with van der Waals surface area (Å²) in [6, 6.07) is 10.5. The van der Waals surface area contributed by atoms with Crippen molar-refractivity contribution in [2.45, 2.75) is 6.92 Å². The molecule has 0 unspecified atom stereocenters. The van der Waals surface area contributed by atoms with Crippen LogP contribution in [0.3, 0.4) is 0 Å². The Bertz CT molecular complexity index is 403. The van der Waals surface area contributed by atoms with E-state index >= 15 is 0 Å². The molecule has 0 aliphatic carbocycles. The van der Waals surface area contributed by atoms with Crippen molar-refractivity contribution >= 4 is 11.3 Å². The largest absolute Gasteiger partial charge is 0.234 e. The van der Waals surface area contributed by atoms with Gasteiger partial charge in [0.25, 0.3) is 0 Å². The van der Waals surface area contributed by atoms with Crippen LogP contribution in [0.2, 0.25) is 0 Å². The fourth-order valence-corrected chi connectivity index (χ4v) is 2.17. The van der Waals surface area contributed by atoms with Crippen molar-refractivity contribution in [2.24, 2.45) is 7.05 Å². The molecule has 1 nitrogen and oxygen atoms in total. The van der Waals surface area contributed by atoms with Gasteiger partial charge in [-0.05, 0) is 12.1 Å². The molecule has 0 aliphatic heterocycles. The molecule has 0 saturated carbocycles. The van der Waals surface area contributed by atoms with E-state index in [2.05, 4.69) is 48.2 Å². The van der Waals surface area contributed by atoms with Crippen molar-refractivity contribution in [1.82, 2.24) is 0 Å². The molecule has 2 rings (SSSR count). The average Bonchev–Trinajstić information content (AvgIpc) is 2.49. The van der Waals surface area contributed by atoms with E-state index in [1.807, 2.05) is 6.07 Å². The lowest BCUT2D eigenvalue weighted by Crippen LogP contribution is -2.30. The van der Waals surface area contributed by atoms with Crippen LogP contribution in [0.25, 0.3) is 11.3 Å². The molecule has 0 aliphatic rings. The summed E-state index contributed by atoms with van der Waals surface area (Å²) in [6.07, 6.45) is 0. The monoisotopic (exact) mass is 190 g/mol. The molecular formula is C11H12NS+. The van der Waals surface area contributed by atoms with Crippen molar-refractivity contribution in [1.29, 1.82) is 0 Å². The Morgan fingerprint density at radius 2 is 1.85 bits per heavy atom. The van der Waals surface area contributed by atoms with Crippen molar-refractivity contribution in [2.75, 3.05) is 0 Å². The number of thiazole rings is 1. The fourth-order valence-electron chi connectivity index (χ4n) is 1.34. The Hall–Kier alpha value is -1.15. The van der Waals surface area contributed by atoms with Gasteiger partial charge in [0.1, 0.15) is 7.05 Å². The van der Waals surface area contributed by atoms with Gasteiger partial charge in [-0.1, -0.05) is 29.5 Å². The van der Waals surface area contributed by atoms with E-state index in [4.69, 9.17) is 0 Å². The quantitative estimate of drug-likeness (QED) is 0.608. The minimum Gasteiger partial charge on any atom is -0.189 e. The molecule has 0 saturated heterocycles. The van der Waals surface area contributed by atoms with E-state index in [0.29, 0.717) is 0 Å². The van der Waals surface area contributed by atoms with Crippen molar-refractivity contribution < 1.29 is 4.57 Å². The van der Waals surface area contributed by atoms with Gasteiger partial charge in [0.15, 0.2) is 0 Å². The predicted octanol–water partition coefficient (Wildman–Crippen LogP) is 2.55. The molecule has 2 heteroatoms. The summed E-state index contributed by atoms with van der Waals surface area (Å²) in [4.78, 5) is 0. The normalized spacial score (nSPS) is 10.3. The van der Waals surface area contributed by atoms with Gasteiger partial charge < -0.3 is 0 Å². The number of aromatic nitrogens is 1. The van der Waals surface area contributed by atoms with E-state index in [1.165, 1.54) is 16.3 Å². The topological polar surface area (TPSA) is 3.88 Å². The van der Waals surface area contributed by atoms with Crippen LogP contribution < -0.4 is 4.57 Å². The smallest absolute Gasteiger partial charge is 0.189 e. The molecule has 0 N–H and O–H groups in total. The van der Waals surface area contributed by atoms with Crippen molar-refractivity contribution in [3.63, 3.8) is 0 Å². The summed E-state index contributed by atoms with van der Waals surface area (Å²) in [7, 11) is 2.11. The zero-order valence-corrected chi connectivity index (χ0v) is 8.64. The first-order valence-electron chi connectivity index (χ1n) is 4.28. The molecule has 13 heavy (non-hydrogen) atoms. The lowest BCUT2D eigenvalue weighted by atomic mass is 10.2. The SMILES string of the molecule is Cc1scc(-c2ccccc2)[n+]1C. The first-order chi connectivity index (χ1) is 6.29. The second-order valence-corrected chi connectivity index (χ2v) is 4.13. The Balaban J connectivity index is 2.53. The van der Waals surface area contributed by atoms with Gasteiger partial charge in [0, 0.05) is 12.5 Å². The van der Waals surface area contributed by atoms with Crippen LogP contribution in [0.15, 0.2) is 35.7 Å². The van der Waals surface area contributed by atoms with Crippen LogP contribution >= 0.6 is 11.3 Å². The second kappa shape index (κ2) is 3.30. The number of nitrogens with zero attached hydrogens (tertiary/aromatic N) is 1. The lowest BCUT2D eigenvalue weighted by Gasteiger charge is -1.93. The Morgan fingerprint density at radius 3 is 2.38 bits per heavy atom. The molecule has 1 aromatic carbocycles. The molecule has 0 bridgehead atoms. The van der Waals surface area contributed by atoms with Gasteiger partial charge in [-0.3, -0.25) is 0 Å². The first-order valence-corrected chi connectivity index (χ1v) is 5.16. The molecule has 0 atom stereocenters. The van der Waals surface area contributed by atoms with Gasteiger partial charge in [-0.2, -0.15) is 4.57 Å². The summed E-state index contributed by atoms with van der Waals surface area (Å²) >= 11 is 1.79. The zero-order chi connectivity index (χ0) is 9.26. The Kier molecular flexibility index (Phi) is 2.15. The highest BCUT2D eigenvalue weighted by Gasteiger charge is 2.13. The second-order valence-electron chi connectivity index (χ2n) is 3.07. The summed E-state index contributed by atoms with van der Waals surface area (Å²) in [6.45, 7) is 2.14. The summed E-state index contributed by atoms with van der Waals surface area (Å²) < 4.78 is 2.22. The standard InChI is InChI=1S/C11H12NS/c1-9-12(2)11(8-13-9)10-6-4-3-5-7-10/h3-8H,1-2H3/q+1. The van der Waals surface area contributed by atoms with E-state index in [1.54, 1.807) is 11.3 Å². The highest BCUT2D eigenvalue weighted by atomic mass is 32.1. The van der Waals surface area contributed by atoms with Crippen LogP contribution in [-0.2, 0) is 7.05 Å². The summed E-state index contributed by atoms with van der Waals surface area (Å²) in [5, 5.41) is 3.53. The molecule has 0 amide bonds. The van der Waals surface area contributed by atoms with E-state index in [-0.39, 0.29) is 0 Å². The summed E-state index contributed by atoms with van der Waals surface area (Å²) in [5.74, 6) is 0. The molecule has 1 heterocycles. The van der Waals surface area contributed by atoms with Gasteiger partial charge in [0.2, 0.25) is 10.7 Å². The third-order valence-electron chi connectivity index (χ3n) is 2.24. The summed E-state index contributed by atoms with van der Waals surface area (Å²) in [5.41, 5.74) is 2.58. The van der Waals surface area contributed by atoms with Gasteiger partial charge in [-0.25, -0.2) is 0 Å². The first kappa shape index (κ1) is 8.45. The van der Waals surface area contributed by atoms with Crippen LogP contribution in [0, 0.1) is 6.92 Å². The molecule has 2 aromatic rings. The maximum absolute atomic E-state index is 2.22. The Morgan fingerprint density at radius 1 is 1.15 bits per heavy atom. The third-order valence-corrected chi connectivity index (χ3v) is 3.20. The maximum Gasteiger partial charge on any atom is 0.234 e. The van der Waals surface area contributed by atoms with E-state index in [9.17, 15) is 0 Å². The number of benzene rings is 1. The minimum atomic E-state index is 1.29. The van der Waals surface area contributed by atoms with Crippen molar-refractivity contribution in [3.8, 4) is 11.3 Å². The molecule has 66 valence electrons. The lowest BCUT2D eigenvalue weighted by molar-refractivity contribution is -0.661. The van der Waals surface area contributed by atoms with Crippen molar-refractivity contribution in [3.05, 3.63) is 40.7 Å². The highest BCUT2D eigenvalue weighted by molar-refractivity contribution is 7.09. The van der Waals surface area contributed by atoms with Crippen LogP contribution in [0.4, 0.5) is 0 Å². The minimum absolute atomic E-state index is 1.29. The average molecular weight is 190 g/mol. The predicted molar refractivity (Wildman–Crippen MR) is 55.7 cm³/mol. The van der Waals surface area contributed by atoms with Crippen LogP contribution in [0.1, 0.15) is 5.01 Å². The van der Waals surface area contributed by atoms with E-state index in [0.717, 1.165) is 0 Å². The molecule has 1 aromatic heterocycles. The third kappa shape index (κ3) is 1.49. The molecule has 0 radical (unpaired) electrons. The molecular weight excluding hydrogens is 178 g/mol.